The van der Waals surface area contributed by atoms with E-state index >= 15 is 0 Å². The van der Waals surface area contributed by atoms with Gasteiger partial charge in [-0.2, -0.15) is 0 Å². The second-order valence-electron chi connectivity index (χ2n) is 7.23. The van der Waals surface area contributed by atoms with Crippen LogP contribution in [-0.4, -0.2) is 25.8 Å². The Balaban J connectivity index is 1.42. The summed E-state index contributed by atoms with van der Waals surface area (Å²) in [5.74, 6) is -0.248. The highest BCUT2D eigenvalue weighted by molar-refractivity contribution is 7.99. The van der Waals surface area contributed by atoms with Crippen LogP contribution >= 0.6 is 11.8 Å². The van der Waals surface area contributed by atoms with Gasteiger partial charge in [0.05, 0.1) is 11.9 Å². The van der Waals surface area contributed by atoms with Gasteiger partial charge in [-0.3, -0.25) is 9.78 Å². The molecule has 0 radical (unpaired) electrons. The Morgan fingerprint density at radius 2 is 1.85 bits per heavy atom. The molecule has 6 nitrogen and oxygen atoms in total. The minimum absolute atomic E-state index is 0.248. The van der Waals surface area contributed by atoms with Gasteiger partial charge >= 0.3 is 0 Å². The summed E-state index contributed by atoms with van der Waals surface area (Å²) < 4.78 is 0. The summed E-state index contributed by atoms with van der Waals surface area (Å²) in [6.07, 6.45) is 6.74. The summed E-state index contributed by atoms with van der Waals surface area (Å²) in [5.41, 5.74) is 6.10. The topological polar surface area (TPSA) is 83.6 Å². The molecule has 2 N–H and O–H groups in total. The molecule has 33 heavy (non-hydrogen) atoms. The number of hydrogen-bond acceptors (Lipinski definition) is 5. The third-order valence-electron chi connectivity index (χ3n) is 5.01. The van der Waals surface area contributed by atoms with Crippen LogP contribution in [0.15, 0.2) is 108 Å². The van der Waals surface area contributed by atoms with E-state index in [1.54, 1.807) is 6.20 Å². The lowest BCUT2D eigenvalue weighted by Gasteiger charge is -2.06. The van der Waals surface area contributed by atoms with Crippen LogP contribution in [0, 0.1) is 0 Å². The standard InChI is InChI=1S/C26H19N5OS/c1-2-23(32)30-19-9-6-10-20(13-19)33-24-16-29-26-25(31-24)21(15-28-26)18-11-12-22(27-14-18)17-7-4-3-5-8-17/h2-16H,1H2,(H,28,29)(H,30,32). The zero-order chi connectivity index (χ0) is 22.6. The predicted octanol–water partition coefficient (Wildman–Crippen LogP) is 5.96. The molecule has 5 rings (SSSR count). The SMILES string of the molecule is C=CC(=O)Nc1cccc(Sc2cnc3[nH]cc(-c4ccc(-c5ccccc5)nc4)c3n2)c1. The molecule has 0 bridgehead atoms. The predicted molar refractivity (Wildman–Crippen MR) is 132 cm³/mol. The largest absolute Gasteiger partial charge is 0.344 e. The first-order valence-electron chi connectivity index (χ1n) is 10.3. The summed E-state index contributed by atoms with van der Waals surface area (Å²) in [6, 6.07) is 21.7. The molecule has 1 amide bonds. The highest BCUT2D eigenvalue weighted by atomic mass is 32.2. The van der Waals surface area contributed by atoms with Gasteiger partial charge in [0.2, 0.25) is 5.91 Å². The normalized spacial score (nSPS) is 10.8. The van der Waals surface area contributed by atoms with Gasteiger partial charge in [-0.05, 0) is 30.3 Å². The van der Waals surface area contributed by atoms with Crippen LogP contribution in [0.2, 0.25) is 0 Å². The molecular weight excluding hydrogens is 430 g/mol. The van der Waals surface area contributed by atoms with E-state index in [1.807, 2.05) is 79.1 Å². The quantitative estimate of drug-likeness (QED) is 0.312. The molecule has 160 valence electrons. The summed E-state index contributed by atoms with van der Waals surface area (Å²) >= 11 is 1.48. The fourth-order valence-electron chi connectivity index (χ4n) is 3.43. The lowest BCUT2D eigenvalue weighted by Crippen LogP contribution is -2.06. The van der Waals surface area contributed by atoms with Crippen molar-refractivity contribution in [2.24, 2.45) is 0 Å². The molecule has 0 saturated heterocycles. The lowest BCUT2D eigenvalue weighted by atomic mass is 10.1. The van der Waals surface area contributed by atoms with Crippen molar-refractivity contribution in [3.8, 4) is 22.4 Å². The molecule has 0 unspecified atom stereocenters. The van der Waals surface area contributed by atoms with Crippen molar-refractivity contribution in [2.45, 2.75) is 9.92 Å². The molecule has 7 heteroatoms. The molecule has 0 spiro atoms. The number of carbonyl (C=O) groups is 1. The maximum Gasteiger partial charge on any atom is 0.247 e. The fraction of sp³-hybridized carbons (Fsp3) is 0. The van der Waals surface area contributed by atoms with Crippen LogP contribution in [0.3, 0.4) is 0 Å². The van der Waals surface area contributed by atoms with E-state index in [2.05, 4.69) is 26.8 Å². The number of H-pyrrole nitrogens is 1. The number of pyridine rings is 1. The molecule has 3 aromatic heterocycles. The van der Waals surface area contributed by atoms with Crippen molar-refractivity contribution in [3.05, 3.63) is 98.0 Å². The van der Waals surface area contributed by atoms with Crippen LogP contribution < -0.4 is 5.32 Å². The van der Waals surface area contributed by atoms with Gasteiger partial charge in [0, 0.05) is 39.7 Å². The van der Waals surface area contributed by atoms with Crippen LogP contribution in [-0.2, 0) is 4.79 Å². The zero-order valence-corrected chi connectivity index (χ0v) is 18.3. The number of anilines is 1. The van der Waals surface area contributed by atoms with E-state index in [-0.39, 0.29) is 5.91 Å². The number of hydrogen-bond donors (Lipinski definition) is 2. The number of rotatable bonds is 6. The number of aromatic amines is 1. The number of benzene rings is 2. The van der Waals surface area contributed by atoms with Gasteiger partial charge in [0.15, 0.2) is 5.65 Å². The van der Waals surface area contributed by atoms with E-state index < -0.39 is 0 Å². The Bertz CT molecular complexity index is 1450. The number of fused-ring (bicyclic) bond motifs is 1. The molecular formula is C26H19N5OS. The Morgan fingerprint density at radius 1 is 0.970 bits per heavy atom. The van der Waals surface area contributed by atoms with Crippen LogP contribution in [0.4, 0.5) is 5.69 Å². The van der Waals surface area contributed by atoms with Gasteiger partial charge < -0.3 is 10.3 Å². The maximum absolute atomic E-state index is 11.6. The second-order valence-corrected chi connectivity index (χ2v) is 8.32. The molecule has 0 aliphatic heterocycles. The molecule has 2 aromatic carbocycles. The molecule has 0 saturated carbocycles. The highest BCUT2D eigenvalue weighted by Crippen LogP contribution is 2.32. The second kappa shape index (κ2) is 9.10. The Labute approximate surface area is 194 Å². The molecule has 5 aromatic rings. The van der Waals surface area contributed by atoms with E-state index in [9.17, 15) is 4.79 Å². The third-order valence-corrected chi connectivity index (χ3v) is 5.91. The van der Waals surface area contributed by atoms with E-state index in [4.69, 9.17) is 4.98 Å². The minimum atomic E-state index is -0.248. The van der Waals surface area contributed by atoms with Gasteiger partial charge in [-0.25, -0.2) is 9.97 Å². The van der Waals surface area contributed by atoms with Crippen LogP contribution in [0.5, 0.6) is 0 Å². The zero-order valence-electron chi connectivity index (χ0n) is 17.5. The number of carbonyl (C=O) groups excluding carboxylic acids is 1. The van der Waals surface area contributed by atoms with Crippen molar-refractivity contribution in [2.75, 3.05) is 5.32 Å². The van der Waals surface area contributed by atoms with E-state index in [1.165, 1.54) is 17.8 Å². The Hall–Kier alpha value is -4.23. The first kappa shape index (κ1) is 20.7. The Kier molecular flexibility index (Phi) is 5.70. The van der Waals surface area contributed by atoms with Crippen molar-refractivity contribution < 1.29 is 4.79 Å². The first-order chi connectivity index (χ1) is 16.2. The summed E-state index contributed by atoms with van der Waals surface area (Å²) in [4.78, 5) is 29.7. The van der Waals surface area contributed by atoms with Crippen molar-refractivity contribution in [1.29, 1.82) is 0 Å². The lowest BCUT2D eigenvalue weighted by molar-refractivity contribution is -0.111. The summed E-state index contributed by atoms with van der Waals surface area (Å²) in [5, 5.41) is 3.53. The van der Waals surface area contributed by atoms with Gasteiger partial charge in [-0.1, -0.05) is 60.8 Å². The van der Waals surface area contributed by atoms with Gasteiger partial charge in [0.25, 0.3) is 0 Å². The third kappa shape index (κ3) is 4.53. The number of aromatic nitrogens is 4. The smallest absolute Gasteiger partial charge is 0.247 e. The van der Waals surface area contributed by atoms with Gasteiger partial charge in [0.1, 0.15) is 10.5 Å². The molecule has 0 atom stereocenters. The first-order valence-corrected chi connectivity index (χ1v) is 11.1. The number of amides is 1. The van der Waals surface area contributed by atoms with Gasteiger partial charge in [-0.15, -0.1) is 0 Å². The number of nitrogens with one attached hydrogen (secondary N) is 2. The van der Waals surface area contributed by atoms with E-state index in [0.717, 1.165) is 37.8 Å². The van der Waals surface area contributed by atoms with E-state index in [0.29, 0.717) is 11.3 Å². The molecule has 0 aliphatic carbocycles. The van der Waals surface area contributed by atoms with Crippen molar-refractivity contribution in [3.63, 3.8) is 0 Å². The molecule has 0 fully saturated rings. The monoisotopic (exact) mass is 449 g/mol. The summed E-state index contributed by atoms with van der Waals surface area (Å²) in [7, 11) is 0. The maximum atomic E-state index is 11.6. The van der Waals surface area contributed by atoms with Crippen molar-refractivity contribution >= 4 is 34.5 Å². The van der Waals surface area contributed by atoms with Crippen molar-refractivity contribution in [1.82, 2.24) is 19.9 Å². The average Bonchev–Trinajstić information content (AvgIpc) is 3.28. The van der Waals surface area contributed by atoms with Crippen LogP contribution in [0.25, 0.3) is 33.5 Å². The average molecular weight is 450 g/mol. The fourth-order valence-corrected chi connectivity index (χ4v) is 4.25. The summed E-state index contributed by atoms with van der Waals surface area (Å²) in [6.45, 7) is 3.48. The highest BCUT2D eigenvalue weighted by Gasteiger charge is 2.12. The number of nitrogens with zero attached hydrogens (tertiary/aromatic N) is 3. The Morgan fingerprint density at radius 3 is 2.64 bits per heavy atom. The molecule has 3 heterocycles. The minimum Gasteiger partial charge on any atom is -0.344 e. The molecule has 0 aliphatic rings. The van der Waals surface area contributed by atoms with Crippen LogP contribution in [0.1, 0.15) is 0 Å².